The number of esters is 1. The van der Waals surface area contributed by atoms with Crippen LogP contribution in [0.25, 0.3) is 0 Å². The van der Waals surface area contributed by atoms with E-state index < -0.39 is 24.1 Å². The van der Waals surface area contributed by atoms with Crippen molar-refractivity contribution in [1.82, 2.24) is 15.5 Å². The summed E-state index contributed by atoms with van der Waals surface area (Å²) in [6.45, 7) is 5.39. The first-order valence-electron chi connectivity index (χ1n) is 9.90. The average Bonchev–Trinajstić information content (AvgIpc) is 3.12. The highest BCUT2D eigenvalue weighted by Crippen LogP contribution is 2.20. The number of ether oxygens (including phenoxy) is 1. The lowest BCUT2D eigenvalue weighted by molar-refractivity contribution is -0.146. The highest BCUT2D eigenvalue weighted by Gasteiger charge is 2.37. The molecule has 0 saturated carbocycles. The summed E-state index contributed by atoms with van der Waals surface area (Å²) in [6, 6.07) is -1.86. The molecule has 1 aliphatic heterocycles. The van der Waals surface area contributed by atoms with Crippen LogP contribution in [0.3, 0.4) is 0 Å². The number of rotatable bonds is 11. The van der Waals surface area contributed by atoms with Crippen molar-refractivity contribution in [2.75, 3.05) is 27.2 Å². The number of likely N-dealkylation sites (tertiary alicyclic amines) is 1. The van der Waals surface area contributed by atoms with Crippen LogP contribution in [-0.2, 0) is 19.1 Å². The highest BCUT2D eigenvalue weighted by atomic mass is 16.5. The quantitative estimate of drug-likeness (QED) is 0.351. The molecule has 0 aromatic rings. The Kier molecular flexibility index (Phi) is 10.3. The van der Waals surface area contributed by atoms with E-state index in [1.54, 1.807) is 4.90 Å². The fourth-order valence-electron chi connectivity index (χ4n) is 3.43. The van der Waals surface area contributed by atoms with E-state index in [2.05, 4.69) is 10.6 Å². The molecule has 4 N–H and O–H groups in total. The second kappa shape index (κ2) is 11.9. The average molecular weight is 385 g/mol. The Morgan fingerprint density at radius 1 is 1.26 bits per heavy atom. The molecular weight excluding hydrogens is 348 g/mol. The largest absolute Gasteiger partial charge is 0.467 e. The lowest BCUT2D eigenvalue weighted by Crippen LogP contribution is -2.54. The number of carbonyl (C=O) groups is 3. The van der Waals surface area contributed by atoms with Crippen LogP contribution in [0.15, 0.2) is 0 Å². The Morgan fingerprint density at radius 3 is 2.56 bits per heavy atom. The van der Waals surface area contributed by atoms with Crippen LogP contribution in [0.2, 0.25) is 0 Å². The molecule has 1 heterocycles. The molecule has 0 spiro atoms. The minimum Gasteiger partial charge on any atom is -0.467 e. The molecule has 8 heteroatoms. The van der Waals surface area contributed by atoms with Crippen molar-refractivity contribution in [3.63, 3.8) is 0 Å². The zero-order valence-electron chi connectivity index (χ0n) is 17.1. The fraction of sp³-hybridized carbons (Fsp3) is 0.842. The first-order chi connectivity index (χ1) is 12.8. The normalized spacial score (nSPS) is 19.0. The third-order valence-corrected chi connectivity index (χ3v) is 4.85. The maximum Gasteiger partial charge on any atom is 0.328 e. The third kappa shape index (κ3) is 7.46. The fourth-order valence-corrected chi connectivity index (χ4v) is 3.43. The van der Waals surface area contributed by atoms with Crippen LogP contribution in [0, 0.1) is 5.92 Å². The summed E-state index contributed by atoms with van der Waals surface area (Å²) < 4.78 is 4.82. The van der Waals surface area contributed by atoms with Crippen LogP contribution in [-0.4, -0.2) is 68.1 Å². The van der Waals surface area contributed by atoms with Crippen molar-refractivity contribution in [3.05, 3.63) is 0 Å². The molecule has 0 aliphatic carbocycles. The van der Waals surface area contributed by atoms with Gasteiger partial charge in [-0.3, -0.25) is 9.59 Å². The molecule has 0 aromatic carbocycles. The van der Waals surface area contributed by atoms with E-state index in [4.69, 9.17) is 10.5 Å². The topological polar surface area (TPSA) is 114 Å². The Morgan fingerprint density at radius 2 is 1.96 bits per heavy atom. The van der Waals surface area contributed by atoms with Gasteiger partial charge in [0.25, 0.3) is 0 Å². The van der Waals surface area contributed by atoms with E-state index in [-0.39, 0.29) is 11.8 Å². The Bertz CT molecular complexity index is 498. The molecule has 156 valence electrons. The Labute approximate surface area is 162 Å². The lowest BCUT2D eigenvalue weighted by Gasteiger charge is -2.28. The van der Waals surface area contributed by atoms with Gasteiger partial charge in [0.1, 0.15) is 12.1 Å². The Balaban J connectivity index is 2.69. The SMILES string of the molecule is CNCCCC[C@H](NC(=O)[C@@H]1CCCN1C(=O)[C@@H](N)CC(C)C)C(=O)OC. The van der Waals surface area contributed by atoms with Gasteiger partial charge in [-0.05, 0) is 58.0 Å². The second-order valence-electron chi connectivity index (χ2n) is 7.61. The molecule has 0 unspecified atom stereocenters. The molecule has 27 heavy (non-hydrogen) atoms. The maximum atomic E-state index is 12.8. The number of nitrogens with two attached hydrogens (primary N) is 1. The molecular formula is C19H36N4O4. The van der Waals surface area contributed by atoms with Gasteiger partial charge >= 0.3 is 5.97 Å². The van der Waals surface area contributed by atoms with Crippen molar-refractivity contribution in [1.29, 1.82) is 0 Å². The van der Waals surface area contributed by atoms with Crippen LogP contribution in [0.4, 0.5) is 0 Å². The van der Waals surface area contributed by atoms with Crippen LogP contribution < -0.4 is 16.4 Å². The number of hydrogen-bond donors (Lipinski definition) is 3. The van der Waals surface area contributed by atoms with E-state index >= 15 is 0 Å². The van der Waals surface area contributed by atoms with Gasteiger partial charge in [0, 0.05) is 6.54 Å². The summed E-state index contributed by atoms with van der Waals surface area (Å²) in [4.78, 5) is 39.0. The smallest absolute Gasteiger partial charge is 0.328 e. The zero-order chi connectivity index (χ0) is 20.4. The minimum atomic E-state index is -0.693. The van der Waals surface area contributed by atoms with Crippen molar-refractivity contribution in [2.45, 2.75) is 70.5 Å². The van der Waals surface area contributed by atoms with Gasteiger partial charge < -0.3 is 26.0 Å². The molecule has 0 aromatic heterocycles. The van der Waals surface area contributed by atoms with Crippen molar-refractivity contribution >= 4 is 17.8 Å². The molecule has 3 atom stereocenters. The molecule has 8 nitrogen and oxygen atoms in total. The number of nitrogens with one attached hydrogen (secondary N) is 2. The van der Waals surface area contributed by atoms with Crippen molar-refractivity contribution in [2.24, 2.45) is 11.7 Å². The number of unbranched alkanes of at least 4 members (excludes halogenated alkanes) is 1. The van der Waals surface area contributed by atoms with Gasteiger partial charge in [-0.2, -0.15) is 0 Å². The summed E-state index contributed by atoms with van der Waals surface area (Å²) in [5, 5.41) is 5.84. The molecule has 1 fully saturated rings. The number of hydrogen-bond acceptors (Lipinski definition) is 6. The summed E-state index contributed by atoms with van der Waals surface area (Å²) >= 11 is 0. The first kappa shape index (κ1) is 23.4. The van der Waals surface area contributed by atoms with Crippen LogP contribution >= 0.6 is 0 Å². The highest BCUT2D eigenvalue weighted by molar-refractivity contribution is 5.92. The lowest BCUT2D eigenvalue weighted by atomic mass is 10.0. The predicted octanol–water partition coefficient (Wildman–Crippen LogP) is 0.398. The first-order valence-corrected chi connectivity index (χ1v) is 9.90. The summed E-state index contributed by atoms with van der Waals surface area (Å²) in [6.07, 6.45) is 4.11. The summed E-state index contributed by atoms with van der Waals surface area (Å²) in [7, 11) is 3.18. The van der Waals surface area contributed by atoms with E-state index in [0.717, 1.165) is 25.8 Å². The van der Waals surface area contributed by atoms with Gasteiger partial charge in [-0.1, -0.05) is 13.8 Å². The molecule has 0 radical (unpaired) electrons. The molecule has 0 bridgehead atoms. The van der Waals surface area contributed by atoms with Gasteiger partial charge in [0.05, 0.1) is 13.2 Å². The summed E-state index contributed by atoms with van der Waals surface area (Å²) in [5.41, 5.74) is 6.02. The molecule has 1 aliphatic rings. The van der Waals surface area contributed by atoms with E-state index in [0.29, 0.717) is 31.7 Å². The van der Waals surface area contributed by atoms with Gasteiger partial charge in [-0.25, -0.2) is 4.79 Å². The maximum absolute atomic E-state index is 12.8. The van der Waals surface area contributed by atoms with Gasteiger partial charge in [0.2, 0.25) is 11.8 Å². The predicted molar refractivity (Wildman–Crippen MR) is 104 cm³/mol. The standard InChI is InChI=1S/C19H36N4O4/c1-13(2)12-14(20)18(25)23-11-7-9-16(23)17(24)22-15(19(26)27-4)8-5-6-10-21-3/h13-16,21H,5-12,20H2,1-4H3,(H,22,24)/t14-,15-,16-/m0/s1. The zero-order valence-corrected chi connectivity index (χ0v) is 17.1. The van der Waals surface area contributed by atoms with E-state index in [1.807, 2.05) is 20.9 Å². The second-order valence-corrected chi connectivity index (χ2v) is 7.61. The number of carbonyl (C=O) groups excluding carboxylic acids is 3. The number of nitrogens with zero attached hydrogens (tertiary/aromatic N) is 1. The Hall–Kier alpha value is -1.67. The summed E-state index contributed by atoms with van der Waals surface area (Å²) in [5.74, 6) is -0.646. The third-order valence-electron chi connectivity index (χ3n) is 4.85. The van der Waals surface area contributed by atoms with Crippen molar-refractivity contribution in [3.8, 4) is 0 Å². The van der Waals surface area contributed by atoms with Gasteiger partial charge in [-0.15, -0.1) is 0 Å². The number of amides is 2. The minimum absolute atomic E-state index is 0.190. The van der Waals surface area contributed by atoms with E-state index in [1.165, 1.54) is 7.11 Å². The molecule has 2 amide bonds. The molecule has 1 saturated heterocycles. The molecule has 1 rings (SSSR count). The monoisotopic (exact) mass is 384 g/mol. The van der Waals surface area contributed by atoms with Crippen LogP contribution in [0.1, 0.15) is 52.4 Å². The van der Waals surface area contributed by atoms with E-state index in [9.17, 15) is 14.4 Å². The number of methoxy groups -OCH3 is 1. The van der Waals surface area contributed by atoms with Crippen LogP contribution in [0.5, 0.6) is 0 Å². The van der Waals surface area contributed by atoms with Crippen molar-refractivity contribution < 1.29 is 19.1 Å². The van der Waals surface area contributed by atoms with Gasteiger partial charge in [0.15, 0.2) is 0 Å².